The summed E-state index contributed by atoms with van der Waals surface area (Å²) >= 11 is 3.17. The summed E-state index contributed by atoms with van der Waals surface area (Å²) in [6.07, 6.45) is 1.76. The van der Waals surface area contributed by atoms with Crippen LogP contribution in [0.2, 0.25) is 0 Å². The maximum absolute atomic E-state index is 13.2. The predicted octanol–water partition coefficient (Wildman–Crippen LogP) is 8.53. The molecule has 0 atom stereocenters. The number of Topliss-reactive ketones (excluding diaryl/α,β-unsaturated/α-hetero) is 2. The Morgan fingerprint density at radius 1 is 0.778 bits per heavy atom. The molecule has 0 bridgehead atoms. The van der Waals surface area contributed by atoms with Gasteiger partial charge in [0, 0.05) is 26.1 Å². The van der Waals surface area contributed by atoms with Crippen LogP contribution in [0.3, 0.4) is 0 Å². The monoisotopic (exact) mass is 503 g/mol. The van der Waals surface area contributed by atoms with Gasteiger partial charge >= 0.3 is 0 Å². The Labute approximate surface area is 217 Å². The van der Waals surface area contributed by atoms with Crippen molar-refractivity contribution >= 4 is 66.8 Å². The van der Waals surface area contributed by atoms with Gasteiger partial charge in [-0.25, -0.2) is 0 Å². The van der Waals surface area contributed by atoms with Gasteiger partial charge in [-0.2, -0.15) is 0 Å². The molecule has 36 heavy (non-hydrogen) atoms. The van der Waals surface area contributed by atoms with Crippen molar-refractivity contribution < 1.29 is 9.59 Å². The minimum Gasteiger partial charge on any atom is -0.301 e. The van der Waals surface area contributed by atoms with Gasteiger partial charge in [0.15, 0.2) is 11.6 Å². The van der Waals surface area contributed by atoms with E-state index < -0.39 is 0 Å². The van der Waals surface area contributed by atoms with Gasteiger partial charge < -0.3 is 4.90 Å². The number of thiophene rings is 2. The Hall–Kier alpha value is -3.80. The van der Waals surface area contributed by atoms with Crippen molar-refractivity contribution in [3.05, 3.63) is 117 Å². The molecule has 0 fully saturated rings. The Morgan fingerprint density at radius 3 is 2.11 bits per heavy atom. The van der Waals surface area contributed by atoms with Crippen LogP contribution < -0.4 is 4.90 Å². The summed E-state index contributed by atoms with van der Waals surface area (Å²) in [5.41, 5.74) is 6.01. The number of hydrogen-bond acceptors (Lipinski definition) is 5. The molecule has 5 aromatic rings. The summed E-state index contributed by atoms with van der Waals surface area (Å²) < 4.78 is 1.03. The van der Waals surface area contributed by atoms with E-state index in [9.17, 15) is 9.59 Å². The predicted molar refractivity (Wildman–Crippen MR) is 150 cm³/mol. The molecule has 7 rings (SSSR count). The molecule has 2 aromatic heterocycles. The van der Waals surface area contributed by atoms with E-state index in [1.54, 1.807) is 28.7 Å². The highest BCUT2D eigenvalue weighted by atomic mass is 32.1. The van der Waals surface area contributed by atoms with Crippen LogP contribution >= 0.6 is 22.7 Å². The quantitative estimate of drug-likeness (QED) is 0.179. The fourth-order valence-corrected chi connectivity index (χ4v) is 7.29. The molecule has 0 spiro atoms. The third-order valence-corrected chi connectivity index (χ3v) is 9.22. The van der Waals surface area contributed by atoms with Gasteiger partial charge in [0.2, 0.25) is 0 Å². The molecular formula is C31H21NO2S2. The zero-order valence-electron chi connectivity index (χ0n) is 19.7. The number of para-hydroxylation sites is 2. The molecule has 0 N–H and O–H groups in total. The minimum absolute atomic E-state index is 0.117. The highest BCUT2D eigenvalue weighted by molar-refractivity contribution is 7.17. The Morgan fingerprint density at radius 2 is 1.42 bits per heavy atom. The fourth-order valence-electron chi connectivity index (χ4n) is 5.50. The molecule has 3 aromatic carbocycles. The lowest BCUT2D eigenvalue weighted by atomic mass is 9.74. The summed E-state index contributed by atoms with van der Waals surface area (Å²) in [4.78, 5) is 29.6. The van der Waals surface area contributed by atoms with Crippen LogP contribution in [-0.4, -0.2) is 11.6 Å². The Balaban J connectivity index is 1.32. The summed E-state index contributed by atoms with van der Waals surface area (Å²) in [7, 11) is 0. The van der Waals surface area contributed by atoms with E-state index in [1.807, 2.05) is 29.6 Å². The maximum Gasteiger partial charge on any atom is 0.197 e. The zero-order valence-corrected chi connectivity index (χ0v) is 21.4. The highest BCUT2D eigenvalue weighted by Crippen LogP contribution is 2.52. The van der Waals surface area contributed by atoms with Gasteiger partial charge in [-0.1, -0.05) is 50.2 Å². The molecule has 1 aliphatic carbocycles. The minimum atomic E-state index is -0.187. The molecule has 1 aliphatic heterocycles. The first-order chi connectivity index (χ1) is 17.4. The molecule has 5 heteroatoms. The topological polar surface area (TPSA) is 37.4 Å². The molecule has 0 radical (unpaired) electrons. The third-order valence-electron chi connectivity index (χ3n) is 7.33. The van der Waals surface area contributed by atoms with Crippen LogP contribution in [-0.2, 0) is 5.41 Å². The number of hydrogen-bond donors (Lipinski definition) is 0. The van der Waals surface area contributed by atoms with Gasteiger partial charge in [0.05, 0.1) is 16.9 Å². The normalized spacial score (nSPS) is 16.9. The van der Waals surface area contributed by atoms with Crippen molar-refractivity contribution in [1.82, 2.24) is 0 Å². The molecule has 0 saturated carbocycles. The molecule has 0 saturated heterocycles. The maximum atomic E-state index is 13.2. The van der Waals surface area contributed by atoms with Crippen molar-refractivity contribution in [2.45, 2.75) is 19.3 Å². The Bertz CT molecular complexity index is 1670. The van der Waals surface area contributed by atoms with Crippen molar-refractivity contribution in [2.75, 3.05) is 4.90 Å². The van der Waals surface area contributed by atoms with Gasteiger partial charge in [-0.15, -0.1) is 22.7 Å². The van der Waals surface area contributed by atoms with Crippen LogP contribution in [0.15, 0.2) is 89.8 Å². The molecule has 0 unspecified atom stereocenters. The molecule has 3 nitrogen and oxygen atoms in total. The largest absolute Gasteiger partial charge is 0.301 e. The lowest BCUT2D eigenvalue weighted by Gasteiger charge is -2.41. The molecule has 3 heterocycles. The standard InChI is InChI=1S/C31H21NO2S2/c1-31(2)23-7-3-5-9-25(23)32(26-10-6-4-8-24(26)31)28-12-11-19(36-28)16-22-29(33)20-15-18-13-14-35-27(18)17-21(20)30(22)34/h3-17H,1-2H3/b22-16+. The summed E-state index contributed by atoms with van der Waals surface area (Å²) in [5, 5.41) is 4.04. The number of fused-ring (bicyclic) bond motifs is 4. The second-order valence-corrected chi connectivity index (χ2v) is 11.8. The van der Waals surface area contributed by atoms with Crippen molar-refractivity contribution in [2.24, 2.45) is 0 Å². The zero-order chi connectivity index (χ0) is 24.6. The SMILES string of the molecule is CC1(C)c2ccccc2N(c2ccc(/C=C3\C(=O)c4cc5ccsc5cc4C3=O)s2)c2ccccc21. The van der Waals surface area contributed by atoms with Crippen LogP contribution in [0.4, 0.5) is 16.4 Å². The van der Waals surface area contributed by atoms with E-state index in [2.05, 4.69) is 73.3 Å². The average Bonchev–Trinajstić information content (AvgIpc) is 3.59. The lowest BCUT2D eigenvalue weighted by Crippen LogP contribution is -2.30. The first-order valence-corrected chi connectivity index (χ1v) is 13.5. The van der Waals surface area contributed by atoms with Gasteiger partial charge in [-0.05, 0) is 70.4 Å². The number of carbonyl (C=O) groups is 2. The lowest BCUT2D eigenvalue weighted by molar-refractivity contribution is 0.0990. The molecule has 2 aliphatic rings. The summed E-state index contributed by atoms with van der Waals surface area (Å²) in [5.74, 6) is -0.371. The van der Waals surface area contributed by atoms with Crippen LogP contribution in [0.25, 0.3) is 16.2 Å². The number of rotatable bonds is 2. The van der Waals surface area contributed by atoms with Gasteiger partial charge in [-0.3, -0.25) is 9.59 Å². The summed E-state index contributed by atoms with van der Waals surface area (Å²) in [6.45, 7) is 4.54. The van der Waals surface area contributed by atoms with E-state index in [1.165, 1.54) is 11.1 Å². The number of anilines is 3. The first-order valence-electron chi connectivity index (χ1n) is 11.8. The fraction of sp³-hybridized carbons (Fsp3) is 0.0968. The third kappa shape index (κ3) is 2.96. The van der Waals surface area contributed by atoms with Crippen molar-refractivity contribution in [3.8, 4) is 0 Å². The van der Waals surface area contributed by atoms with E-state index >= 15 is 0 Å². The smallest absolute Gasteiger partial charge is 0.197 e. The first kappa shape index (κ1) is 21.5. The highest BCUT2D eigenvalue weighted by Gasteiger charge is 2.37. The van der Waals surface area contributed by atoms with Crippen molar-refractivity contribution in [3.63, 3.8) is 0 Å². The second kappa shape index (κ2) is 7.60. The number of carbonyl (C=O) groups excluding carboxylic acids is 2. The Kier molecular flexibility index (Phi) is 4.53. The number of benzene rings is 3. The number of ketones is 2. The van der Waals surface area contributed by atoms with Crippen LogP contribution in [0, 0.1) is 0 Å². The van der Waals surface area contributed by atoms with Crippen LogP contribution in [0.1, 0.15) is 50.6 Å². The van der Waals surface area contributed by atoms with Gasteiger partial charge in [0.1, 0.15) is 5.00 Å². The van der Waals surface area contributed by atoms with Gasteiger partial charge in [0.25, 0.3) is 0 Å². The van der Waals surface area contributed by atoms with Crippen LogP contribution in [0.5, 0.6) is 0 Å². The van der Waals surface area contributed by atoms with Crippen molar-refractivity contribution in [1.29, 1.82) is 0 Å². The number of nitrogens with zero attached hydrogens (tertiary/aromatic N) is 1. The van der Waals surface area contributed by atoms with E-state index in [0.29, 0.717) is 11.1 Å². The second-order valence-electron chi connectivity index (χ2n) is 9.74. The van der Waals surface area contributed by atoms with E-state index in [-0.39, 0.29) is 22.6 Å². The summed E-state index contributed by atoms with van der Waals surface area (Å²) in [6, 6.07) is 26.8. The molecule has 0 amide bonds. The average molecular weight is 504 g/mol. The molecule has 174 valence electrons. The number of allylic oxidation sites excluding steroid dienone is 1. The molecular weight excluding hydrogens is 482 g/mol. The van der Waals surface area contributed by atoms with E-state index in [0.717, 1.165) is 31.3 Å². The van der Waals surface area contributed by atoms with E-state index in [4.69, 9.17) is 0 Å².